The minimum atomic E-state index is -0.826. The highest BCUT2D eigenvalue weighted by Gasteiger charge is 2.40. The van der Waals surface area contributed by atoms with E-state index in [1.54, 1.807) is 25.6 Å². The van der Waals surface area contributed by atoms with Crippen molar-refractivity contribution in [3.8, 4) is 11.4 Å². The molecule has 34 heavy (non-hydrogen) atoms. The van der Waals surface area contributed by atoms with Crippen LogP contribution in [0, 0.1) is 12.7 Å². The number of nitrogens with two attached hydrogens (primary N) is 1. The third-order valence-electron chi connectivity index (χ3n) is 5.99. The van der Waals surface area contributed by atoms with E-state index in [0.29, 0.717) is 11.3 Å². The van der Waals surface area contributed by atoms with Crippen molar-refractivity contribution in [2.75, 3.05) is 7.11 Å². The highest BCUT2D eigenvalue weighted by molar-refractivity contribution is 6.11. The van der Waals surface area contributed by atoms with E-state index in [-0.39, 0.29) is 17.7 Å². The number of benzene rings is 2. The zero-order valence-electron chi connectivity index (χ0n) is 19.9. The van der Waals surface area contributed by atoms with E-state index in [9.17, 15) is 9.18 Å². The highest BCUT2D eigenvalue weighted by atomic mass is 19.1. The van der Waals surface area contributed by atoms with E-state index in [1.807, 2.05) is 62.7 Å². The number of ether oxygens (including phenoxy) is 1. The number of aliphatic imine (C=N–C) groups is 1. The lowest BCUT2D eigenvalue weighted by atomic mass is 9.89. The van der Waals surface area contributed by atoms with Crippen LogP contribution in [-0.2, 0) is 4.79 Å². The molecule has 1 aromatic heterocycles. The first-order valence-electron chi connectivity index (χ1n) is 11.0. The van der Waals surface area contributed by atoms with Gasteiger partial charge in [-0.05, 0) is 69.2 Å². The van der Waals surface area contributed by atoms with Crippen LogP contribution in [0.25, 0.3) is 11.8 Å². The summed E-state index contributed by atoms with van der Waals surface area (Å²) < 4.78 is 20.9. The smallest absolute Gasteiger partial charge is 0.259 e. The van der Waals surface area contributed by atoms with Crippen molar-refractivity contribution in [3.63, 3.8) is 0 Å². The summed E-state index contributed by atoms with van der Waals surface area (Å²) in [4.78, 5) is 24.0. The molecule has 0 saturated carbocycles. The fraction of sp³-hybridized carbons (Fsp3) is 0.269. The number of methoxy groups -OCH3 is 1. The topological polar surface area (TPSA) is 85.7 Å². The molecule has 4 rings (SSSR count). The molecule has 1 amide bonds. The predicted octanol–water partition coefficient (Wildman–Crippen LogP) is 4.41. The van der Waals surface area contributed by atoms with Crippen LogP contribution >= 0.6 is 0 Å². The molecular weight excluding hydrogens is 433 g/mol. The van der Waals surface area contributed by atoms with Crippen LogP contribution in [0.15, 0.2) is 65.6 Å². The molecule has 1 aliphatic rings. The lowest BCUT2D eigenvalue weighted by Gasteiger charge is -2.38. The Hall–Kier alpha value is -3.94. The van der Waals surface area contributed by atoms with Gasteiger partial charge in [-0.2, -0.15) is 0 Å². The minimum Gasteiger partial charge on any atom is -0.495 e. The van der Waals surface area contributed by atoms with Crippen molar-refractivity contribution in [3.05, 3.63) is 83.2 Å². The number of amides is 1. The van der Waals surface area contributed by atoms with Gasteiger partial charge in [-0.1, -0.05) is 18.2 Å². The lowest BCUT2D eigenvalue weighted by molar-refractivity contribution is -0.126. The number of hydrogen-bond acceptors (Lipinski definition) is 5. The fourth-order valence-corrected chi connectivity index (χ4v) is 4.12. The number of guanidine groups is 1. The average molecular weight is 462 g/mol. The quantitative estimate of drug-likeness (QED) is 0.571. The maximum absolute atomic E-state index is 13.7. The maximum Gasteiger partial charge on any atom is 0.259 e. The second kappa shape index (κ2) is 8.78. The Bertz CT molecular complexity index is 1290. The first-order chi connectivity index (χ1) is 16.1. The SMILES string of the molecule is COc1cc(/C=C2/C(=O)N([C@@H](C)c3ccc(F)cc3)C(N)=NC2(C)C)ccc1-n1cnc(C)c1. The van der Waals surface area contributed by atoms with Crippen LogP contribution in [-0.4, -0.2) is 39.0 Å². The third kappa shape index (κ3) is 4.31. The van der Waals surface area contributed by atoms with Gasteiger partial charge in [-0.25, -0.2) is 14.4 Å². The number of carbonyl (C=O) groups excluding carboxylic acids is 1. The number of imidazole rings is 1. The van der Waals surface area contributed by atoms with Gasteiger partial charge < -0.3 is 15.0 Å². The molecule has 0 fully saturated rings. The van der Waals surface area contributed by atoms with Crippen molar-refractivity contribution in [2.24, 2.45) is 10.7 Å². The fourth-order valence-electron chi connectivity index (χ4n) is 4.12. The summed E-state index contributed by atoms with van der Waals surface area (Å²) in [5.41, 5.74) is 9.18. The third-order valence-corrected chi connectivity index (χ3v) is 5.99. The summed E-state index contributed by atoms with van der Waals surface area (Å²) >= 11 is 0. The van der Waals surface area contributed by atoms with Gasteiger partial charge in [0.05, 0.1) is 36.4 Å². The van der Waals surface area contributed by atoms with Crippen LogP contribution in [0.3, 0.4) is 0 Å². The van der Waals surface area contributed by atoms with E-state index in [4.69, 9.17) is 10.5 Å². The Morgan fingerprint density at radius 2 is 1.88 bits per heavy atom. The Morgan fingerprint density at radius 1 is 1.18 bits per heavy atom. The number of halogens is 1. The zero-order chi connectivity index (χ0) is 24.6. The van der Waals surface area contributed by atoms with Gasteiger partial charge in [0.2, 0.25) is 0 Å². The monoisotopic (exact) mass is 461 g/mol. The van der Waals surface area contributed by atoms with Crippen molar-refractivity contribution in [2.45, 2.75) is 39.3 Å². The maximum atomic E-state index is 13.7. The Morgan fingerprint density at radius 3 is 2.50 bits per heavy atom. The largest absolute Gasteiger partial charge is 0.495 e. The summed E-state index contributed by atoms with van der Waals surface area (Å²) in [6.07, 6.45) is 5.45. The molecule has 7 nitrogen and oxygen atoms in total. The molecule has 1 atom stereocenters. The Balaban J connectivity index is 1.73. The van der Waals surface area contributed by atoms with Gasteiger partial charge in [-0.15, -0.1) is 0 Å². The molecule has 2 aromatic carbocycles. The van der Waals surface area contributed by atoms with Gasteiger partial charge in [-0.3, -0.25) is 9.69 Å². The van der Waals surface area contributed by atoms with Gasteiger partial charge in [0.15, 0.2) is 5.96 Å². The molecule has 2 N–H and O–H groups in total. The molecule has 0 bridgehead atoms. The summed E-state index contributed by atoms with van der Waals surface area (Å²) in [5, 5.41) is 0. The number of rotatable bonds is 5. The van der Waals surface area contributed by atoms with E-state index in [1.165, 1.54) is 17.0 Å². The average Bonchev–Trinajstić information content (AvgIpc) is 3.22. The number of nitrogens with zero attached hydrogens (tertiary/aromatic N) is 4. The molecule has 3 aromatic rings. The number of carbonyl (C=O) groups is 1. The number of aryl methyl sites for hydroxylation is 1. The van der Waals surface area contributed by atoms with Crippen LogP contribution in [0.5, 0.6) is 5.75 Å². The molecule has 0 spiro atoms. The lowest BCUT2D eigenvalue weighted by Crippen LogP contribution is -2.52. The van der Waals surface area contributed by atoms with Gasteiger partial charge in [0.25, 0.3) is 5.91 Å². The summed E-state index contributed by atoms with van der Waals surface area (Å²) in [5.74, 6) is 0.190. The Labute approximate surface area is 198 Å². The van der Waals surface area contributed by atoms with E-state index < -0.39 is 11.6 Å². The van der Waals surface area contributed by atoms with Crippen LogP contribution < -0.4 is 10.5 Å². The van der Waals surface area contributed by atoms with E-state index >= 15 is 0 Å². The summed E-state index contributed by atoms with van der Waals surface area (Å²) in [7, 11) is 1.60. The number of hydrogen-bond donors (Lipinski definition) is 1. The molecule has 176 valence electrons. The van der Waals surface area contributed by atoms with Gasteiger partial charge in [0, 0.05) is 11.8 Å². The molecule has 2 heterocycles. The molecular formula is C26H28FN5O2. The molecule has 0 unspecified atom stereocenters. The van der Waals surface area contributed by atoms with Gasteiger partial charge >= 0.3 is 0 Å². The van der Waals surface area contributed by atoms with Gasteiger partial charge in [0.1, 0.15) is 11.6 Å². The van der Waals surface area contributed by atoms with Crippen molar-refractivity contribution < 1.29 is 13.9 Å². The Kier molecular flexibility index (Phi) is 6.00. The molecule has 8 heteroatoms. The molecule has 0 radical (unpaired) electrons. The van der Waals surface area contributed by atoms with E-state index in [2.05, 4.69) is 9.98 Å². The standard InChI is InChI=1S/C26H28FN5O2/c1-16-14-31(15-29-16)22-11-6-18(13-23(22)34-5)12-21-24(33)32(25(28)30-26(21,3)4)17(2)19-7-9-20(27)10-8-19/h6-15,17H,1-5H3,(H2,28,30)/b21-12-/t17-/m0/s1. The molecule has 1 aliphatic heterocycles. The van der Waals surface area contributed by atoms with Crippen molar-refractivity contribution >= 4 is 17.9 Å². The second-order valence-corrected chi connectivity index (χ2v) is 8.84. The zero-order valence-corrected chi connectivity index (χ0v) is 19.9. The van der Waals surface area contributed by atoms with Crippen LogP contribution in [0.2, 0.25) is 0 Å². The van der Waals surface area contributed by atoms with Crippen molar-refractivity contribution in [1.29, 1.82) is 0 Å². The second-order valence-electron chi connectivity index (χ2n) is 8.84. The first kappa shape index (κ1) is 23.2. The molecule has 0 aliphatic carbocycles. The normalized spacial score (nSPS) is 17.6. The number of aromatic nitrogens is 2. The van der Waals surface area contributed by atoms with E-state index in [0.717, 1.165) is 22.5 Å². The summed E-state index contributed by atoms with van der Waals surface area (Å²) in [6.45, 7) is 7.46. The minimum absolute atomic E-state index is 0.132. The van der Waals surface area contributed by atoms with Crippen LogP contribution in [0.1, 0.15) is 43.6 Å². The molecule has 0 saturated heterocycles. The predicted molar refractivity (Wildman–Crippen MR) is 130 cm³/mol. The highest BCUT2D eigenvalue weighted by Crippen LogP contribution is 2.34. The first-order valence-corrected chi connectivity index (χ1v) is 11.0. The van der Waals surface area contributed by atoms with Crippen molar-refractivity contribution in [1.82, 2.24) is 14.5 Å². The summed E-state index contributed by atoms with van der Waals surface area (Å²) in [6, 6.07) is 11.3. The van der Waals surface area contributed by atoms with Crippen LogP contribution in [0.4, 0.5) is 4.39 Å².